The average Bonchev–Trinajstić information content (AvgIpc) is 2.31. The monoisotopic (exact) mass is 218 g/mol. The topological polar surface area (TPSA) is 35.8 Å². The number of nitriles is 1. The predicted molar refractivity (Wildman–Crippen MR) is 65.1 cm³/mol. The summed E-state index contributed by atoms with van der Waals surface area (Å²) in [5, 5.41) is 12.4. The maximum atomic E-state index is 8.95. The fourth-order valence-electron chi connectivity index (χ4n) is 1.78. The first-order valence-corrected chi connectivity index (χ1v) is 6.39. The molecule has 2 rings (SSSR count). The van der Waals surface area contributed by atoms with Crippen molar-refractivity contribution in [2.24, 2.45) is 0 Å². The fraction of sp³-hybridized carbons (Fsp3) is 0.417. The highest BCUT2D eigenvalue weighted by Crippen LogP contribution is 2.22. The Morgan fingerprint density at radius 3 is 3.00 bits per heavy atom. The third-order valence-corrected chi connectivity index (χ3v) is 3.78. The maximum absolute atomic E-state index is 8.95. The van der Waals surface area contributed by atoms with E-state index in [-0.39, 0.29) is 0 Å². The van der Waals surface area contributed by atoms with Crippen molar-refractivity contribution in [3.63, 3.8) is 0 Å². The van der Waals surface area contributed by atoms with Crippen molar-refractivity contribution in [3.05, 3.63) is 29.8 Å². The zero-order valence-electron chi connectivity index (χ0n) is 8.57. The van der Waals surface area contributed by atoms with Crippen LogP contribution in [-0.2, 0) is 0 Å². The quantitative estimate of drug-likeness (QED) is 0.829. The number of thioether (sulfide) groups is 1. The lowest BCUT2D eigenvalue weighted by atomic mass is 10.1. The van der Waals surface area contributed by atoms with E-state index in [2.05, 4.69) is 11.4 Å². The van der Waals surface area contributed by atoms with Gasteiger partial charge < -0.3 is 5.32 Å². The number of nitrogens with zero attached hydrogens (tertiary/aromatic N) is 1. The second kappa shape index (κ2) is 5.09. The Labute approximate surface area is 94.7 Å². The Morgan fingerprint density at radius 2 is 2.27 bits per heavy atom. The molecule has 1 aromatic rings. The Kier molecular flexibility index (Phi) is 3.52. The summed E-state index contributed by atoms with van der Waals surface area (Å²) in [6.07, 6.45) is 2.49. The molecule has 0 bridgehead atoms. The molecule has 1 aliphatic rings. The number of para-hydroxylation sites is 1. The minimum Gasteiger partial charge on any atom is -0.380 e. The summed E-state index contributed by atoms with van der Waals surface area (Å²) in [5.74, 6) is 2.43. The van der Waals surface area contributed by atoms with Crippen molar-refractivity contribution in [1.82, 2.24) is 0 Å². The summed E-state index contributed by atoms with van der Waals surface area (Å²) in [4.78, 5) is 0. The van der Waals surface area contributed by atoms with Gasteiger partial charge >= 0.3 is 0 Å². The summed E-state index contributed by atoms with van der Waals surface area (Å²) in [7, 11) is 0. The largest absolute Gasteiger partial charge is 0.380 e. The van der Waals surface area contributed by atoms with Crippen LogP contribution in [0.3, 0.4) is 0 Å². The minimum atomic E-state index is 0.526. The SMILES string of the molecule is N#Cc1ccccc1NC1CCCSC1. The highest BCUT2D eigenvalue weighted by molar-refractivity contribution is 7.99. The van der Waals surface area contributed by atoms with Gasteiger partial charge in [-0.25, -0.2) is 0 Å². The van der Waals surface area contributed by atoms with Crippen LogP contribution >= 0.6 is 11.8 Å². The van der Waals surface area contributed by atoms with Crippen LogP contribution in [0.1, 0.15) is 18.4 Å². The van der Waals surface area contributed by atoms with Gasteiger partial charge in [-0.3, -0.25) is 0 Å². The van der Waals surface area contributed by atoms with Crippen LogP contribution in [0.2, 0.25) is 0 Å². The highest BCUT2D eigenvalue weighted by atomic mass is 32.2. The molecular formula is C12H14N2S. The number of benzene rings is 1. The molecule has 0 spiro atoms. The van der Waals surface area contributed by atoms with Crippen molar-refractivity contribution in [3.8, 4) is 6.07 Å². The Bertz CT molecular complexity index is 364. The van der Waals surface area contributed by atoms with Crippen LogP contribution in [0.25, 0.3) is 0 Å². The third kappa shape index (κ3) is 2.66. The van der Waals surface area contributed by atoms with E-state index in [0.29, 0.717) is 6.04 Å². The van der Waals surface area contributed by atoms with Crippen LogP contribution in [0.4, 0.5) is 5.69 Å². The molecule has 0 radical (unpaired) electrons. The van der Waals surface area contributed by atoms with Gasteiger partial charge in [0.1, 0.15) is 6.07 Å². The van der Waals surface area contributed by atoms with Crippen LogP contribution in [0, 0.1) is 11.3 Å². The molecule has 1 unspecified atom stereocenters. The van der Waals surface area contributed by atoms with E-state index in [9.17, 15) is 0 Å². The lowest BCUT2D eigenvalue weighted by molar-refractivity contribution is 0.685. The van der Waals surface area contributed by atoms with Gasteiger partial charge in [0.15, 0.2) is 0 Å². The summed E-state index contributed by atoms with van der Waals surface area (Å²) >= 11 is 1.99. The molecule has 1 saturated heterocycles. The predicted octanol–water partition coefficient (Wildman–Crippen LogP) is 2.87. The van der Waals surface area contributed by atoms with Crippen LogP contribution in [-0.4, -0.2) is 17.5 Å². The van der Waals surface area contributed by atoms with E-state index < -0.39 is 0 Å². The smallest absolute Gasteiger partial charge is 0.101 e. The normalized spacial score (nSPS) is 20.6. The number of hydrogen-bond acceptors (Lipinski definition) is 3. The van der Waals surface area contributed by atoms with E-state index in [1.807, 2.05) is 36.0 Å². The first-order valence-electron chi connectivity index (χ1n) is 5.23. The van der Waals surface area contributed by atoms with Gasteiger partial charge in [-0.2, -0.15) is 17.0 Å². The van der Waals surface area contributed by atoms with Gasteiger partial charge in [0.25, 0.3) is 0 Å². The lowest BCUT2D eigenvalue weighted by Crippen LogP contribution is -2.26. The summed E-state index contributed by atoms with van der Waals surface area (Å²) in [5.41, 5.74) is 1.72. The van der Waals surface area contributed by atoms with Gasteiger partial charge in [0.05, 0.1) is 11.3 Å². The number of anilines is 1. The van der Waals surface area contributed by atoms with E-state index >= 15 is 0 Å². The second-order valence-corrected chi connectivity index (χ2v) is 4.87. The molecule has 0 amide bonds. The third-order valence-electron chi connectivity index (χ3n) is 2.57. The molecule has 0 aliphatic carbocycles. The molecule has 15 heavy (non-hydrogen) atoms. The first-order chi connectivity index (χ1) is 7.40. The molecule has 1 atom stereocenters. The minimum absolute atomic E-state index is 0.526. The molecule has 1 aromatic carbocycles. The summed E-state index contributed by atoms with van der Waals surface area (Å²) < 4.78 is 0. The molecule has 1 aliphatic heterocycles. The van der Waals surface area contributed by atoms with Crippen LogP contribution in [0.15, 0.2) is 24.3 Å². The van der Waals surface area contributed by atoms with E-state index in [0.717, 1.165) is 17.0 Å². The van der Waals surface area contributed by atoms with Gasteiger partial charge in [-0.15, -0.1) is 0 Å². The molecule has 1 fully saturated rings. The number of nitrogens with one attached hydrogen (secondary N) is 1. The fourth-order valence-corrected chi connectivity index (χ4v) is 2.85. The zero-order valence-corrected chi connectivity index (χ0v) is 9.39. The first kappa shape index (κ1) is 10.4. The van der Waals surface area contributed by atoms with Gasteiger partial charge in [-0.1, -0.05) is 12.1 Å². The molecule has 1 heterocycles. The molecule has 1 N–H and O–H groups in total. The molecule has 3 heteroatoms. The standard InChI is InChI=1S/C12H14N2S/c13-8-10-4-1-2-6-12(10)14-11-5-3-7-15-9-11/h1-2,4,6,11,14H,3,5,7,9H2. The summed E-state index contributed by atoms with van der Waals surface area (Å²) in [6, 6.07) is 10.5. The van der Waals surface area contributed by atoms with Gasteiger partial charge in [0.2, 0.25) is 0 Å². The second-order valence-electron chi connectivity index (χ2n) is 3.72. The van der Waals surface area contributed by atoms with E-state index in [1.165, 1.54) is 18.6 Å². The number of hydrogen-bond donors (Lipinski definition) is 1. The zero-order chi connectivity index (χ0) is 10.5. The highest BCUT2D eigenvalue weighted by Gasteiger charge is 2.14. The lowest BCUT2D eigenvalue weighted by Gasteiger charge is -2.23. The van der Waals surface area contributed by atoms with Gasteiger partial charge in [0, 0.05) is 11.8 Å². The average molecular weight is 218 g/mol. The Balaban J connectivity index is 2.06. The van der Waals surface area contributed by atoms with Crippen molar-refractivity contribution in [1.29, 1.82) is 5.26 Å². The Morgan fingerprint density at radius 1 is 1.40 bits per heavy atom. The van der Waals surface area contributed by atoms with Crippen molar-refractivity contribution >= 4 is 17.4 Å². The number of rotatable bonds is 2. The molecule has 0 aromatic heterocycles. The van der Waals surface area contributed by atoms with Crippen LogP contribution < -0.4 is 5.32 Å². The Hall–Kier alpha value is -1.14. The van der Waals surface area contributed by atoms with Gasteiger partial charge in [-0.05, 0) is 30.7 Å². The van der Waals surface area contributed by atoms with Crippen molar-refractivity contribution in [2.45, 2.75) is 18.9 Å². The molecule has 2 nitrogen and oxygen atoms in total. The molecular weight excluding hydrogens is 204 g/mol. The maximum Gasteiger partial charge on any atom is 0.101 e. The van der Waals surface area contributed by atoms with E-state index in [1.54, 1.807) is 0 Å². The van der Waals surface area contributed by atoms with E-state index in [4.69, 9.17) is 5.26 Å². The van der Waals surface area contributed by atoms with Crippen molar-refractivity contribution in [2.75, 3.05) is 16.8 Å². The van der Waals surface area contributed by atoms with Crippen LogP contribution in [0.5, 0.6) is 0 Å². The molecule has 78 valence electrons. The molecule has 0 saturated carbocycles. The summed E-state index contributed by atoms with van der Waals surface area (Å²) in [6.45, 7) is 0. The van der Waals surface area contributed by atoms with Crippen molar-refractivity contribution < 1.29 is 0 Å².